The van der Waals surface area contributed by atoms with Crippen LogP contribution in [0, 0.1) is 6.92 Å². The van der Waals surface area contributed by atoms with Gasteiger partial charge in [-0.15, -0.1) is 0 Å². The zero-order valence-electron chi connectivity index (χ0n) is 11.8. The van der Waals surface area contributed by atoms with E-state index in [0.717, 1.165) is 18.1 Å². The molecule has 0 aliphatic carbocycles. The first-order valence-corrected chi connectivity index (χ1v) is 6.45. The maximum Gasteiger partial charge on any atom is 0.271 e. The Kier molecular flexibility index (Phi) is 3.98. The highest BCUT2D eigenvalue weighted by Crippen LogP contribution is 2.32. The van der Waals surface area contributed by atoms with Gasteiger partial charge in [0.2, 0.25) is 0 Å². The van der Waals surface area contributed by atoms with Crippen molar-refractivity contribution in [2.45, 2.75) is 19.8 Å². The van der Waals surface area contributed by atoms with Crippen molar-refractivity contribution in [3.8, 4) is 0 Å². The van der Waals surface area contributed by atoms with Crippen LogP contribution in [0.5, 0.6) is 0 Å². The second-order valence-corrected chi connectivity index (χ2v) is 4.88. The molecule has 0 amide bonds. The van der Waals surface area contributed by atoms with Crippen molar-refractivity contribution in [2.75, 3.05) is 7.05 Å². The maximum absolute atomic E-state index is 13.9. The molecule has 20 heavy (non-hydrogen) atoms. The van der Waals surface area contributed by atoms with Gasteiger partial charge in [0.05, 0.1) is 5.71 Å². The first-order valence-electron chi connectivity index (χ1n) is 6.45. The third-order valence-corrected chi connectivity index (χ3v) is 3.17. The molecule has 2 aromatic rings. The Morgan fingerprint density at radius 1 is 1.05 bits per heavy atom. The van der Waals surface area contributed by atoms with Crippen LogP contribution in [-0.2, 0) is 5.92 Å². The number of nitrogens with zero attached hydrogens (tertiary/aromatic N) is 1. The zero-order valence-corrected chi connectivity index (χ0v) is 11.8. The van der Waals surface area contributed by atoms with Crippen molar-refractivity contribution in [1.82, 2.24) is 0 Å². The van der Waals surface area contributed by atoms with Crippen molar-refractivity contribution in [1.29, 1.82) is 0 Å². The molecule has 0 aromatic heterocycles. The van der Waals surface area contributed by atoms with Crippen molar-refractivity contribution in [2.24, 2.45) is 4.99 Å². The Hall–Kier alpha value is -2.03. The summed E-state index contributed by atoms with van der Waals surface area (Å²) in [6, 6.07) is 14.5. The fourth-order valence-electron chi connectivity index (χ4n) is 2.23. The summed E-state index contributed by atoms with van der Waals surface area (Å²) in [6.45, 7) is 2.73. The molecule has 104 valence electrons. The van der Waals surface area contributed by atoms with Crippen LogP contribution in [-0.4, -0.2) is 12.8 Å². The fraction of sp³-hybridized carbons (Fsp3) is 0.235. The van der Waals surface area contributed by atoms with Gasteiger partial charge in [0.1, 0.15) is 0 Å². The lowest BCUT2D eigenvalue weighted by atomic mass is 9.93. The van der Waals surface area contributed by atoms with Crippen LogP contribution in [0.4, 0.5) is 8.78 Å². The fourth-order valence-corrected chi connectivity index (χ4v) is 2.23. The number of aliphatic imine (C=N–C) groups is 1. The second kappa shape index (κ2) is 5.53. The number of aryl methyl sites for hydroxylation is 1. The van der Waals surface area contributed by atoms with E-state index in [-0.39, 0.29) is 5.56 Å². The maximum atomic E-state index is 13.9. The van der Waals surface area contributed by atoms with Crippen LogP contribution < -0.4 is 0 Å². The third-order valence-electron chi connectivity index (χ3n) is 3.17. The lowest BCUT2D eigenvalue weighted by molar-refractivity contribution is 0.0172. The van der Waals surface area contributed by atoms with E-state index < -0.39 is 5.92 Å². The molecule has 1 nitrogen and oxygen atoms in total. The summed E-state index contributed by atoms with van der Waals surface area (Å²) in [5.74, 6) is -2.90. The van der Waals surface area contributed by atoms with Crippen LogP contribution in [0.15, 0.2) is 53.5 Å². The van der Waals surface area contributed by atoms with Gasteiger partial charge in [0.15, 0.2) is 0 Å². The molecule has 2 rings (SSSR count). The van der Waals surface area contributed by atoms with Gasteiger partial charge in [-0.1, -0.05) is 48.0 Å². The number of benzene rings is 2. The number of hydrogen-bond donors (Lipinski definition) is 0. The van der Waals surface area contributed by atoms with E-state index in [1.165, 1.54) is 6.07 Å². The lowest BCUT2D eigenvalue weighted by Crippen LogP contribution is -2.16. The van der Waals surface area contributed by atoms with Crippen LogP contribution in [0.25, 0.3) is 0 Å². The molecule has 0 saturated heterocycles. The van der Waals surface area contributed by atoms with E-state index in [0.29, 0.717) is 11.3 Å². The summed E-state index contributed by atoms with van der Waals surface area (Å²) in [6.07, 6.45) is 0. The predicted molar refractivity (Wildman–Crippen MR) is 78.8 cm³/mol. The number of hydrogen-bond acceptors (Lipinski definition) is 1. The minimum atomic E-state index is -2.90. The lowest BCUT2D eigenvalue weighted by Gasteiger charge is -2.18. The smallest absolute Gasteiger partial charge is 0.271 e. The molecule has 0 unspecified atom stereocenters. The highest BCUT2D eigenvalue weighted by molar-refractivity contribution is 6.13. The monoisotopic (exact) mass is 273 g/mol. The summed E-state index contributed by atoms with van der Waals surface area (Å²) in [5, 5.41) is 0. The van der Waals surface area contributed by atoms with Crippen LogP contribution in [0.2, 0.25) is 0 Å². The van der Waals surface area contributed by atoms with Crippen LogP contribution >= 0.6 is 0 Å². The third kappa shape index (κ3) is 2.93. The molecular formula is C17H17F2N. The minimum Gasteiger partial charge on any atom is -0.287 e. The van der Waals surface area contributed by atoms with E-state index >= 15 is 0 Å². The topological polar surface area (TPSA) is 12.4 Å². The van der Waals surface area contributed by atoms with Gasteiger partial charge in [-0.05, 0) is 13.0 Å². The Balaban J connectivity index is 2.63. The van der Waals surface area contributed by atoms with Crippen molar-refractivity contribution in [3.63, 3.8) is 0 Å². The quantitative estimate of drug-likeness (QED) is 0.726. The second-order valence-electron chi connectivity index (χ2n) is 4.88. The van der Waals surface area contributed by atoms with Crippen molar-refractivity contribution in [3.05, 3.63) is 70.8 Å². The molecule has 0 bridgehead atoms. The first kappa shape index (κ1) is 14.4. The van der Waals surface area contributed by atoms with E-state index in [1.807, 2.05) is 43.3 Å². The van der Waals surface area contributed by atoms with E-state index in [2.05, 4.69) is 4.99 Å². The van der Waals surface area contributed by atoms with Crippen molar-refractivity contribution >= 4 is 5.71 Å². The standard InChI is InChI=1S/C17H17F2N/c1-12-9-10-14(15(11-12)17(2,18)19)16(20-3)13-7-5-4-6-8-13/h4-11H,1-3H3. The summed E-state index contributed by atoms with van der Waals surface area (Å²) in [7, 11) is 1.62. The minimum absolute atomic E-state index is 0.0157. The summed E-state index contributed by atoms with van der Waals surface area (Å²) < 4.78 is 27.7. The molecule has 0 fully saturated rings. The van der Waals surface area contributed by atoms with Gasteiger partial charge in [-0.3, -0.25) is 4.99 Å². The normalized spacial score (nSPS) is 12.6. The van der Waals surface area contributed by atoms with E-state index in [1.54, 1.807) is 13.1 Å². The van der Waals surface area contributed by atoms with E-state index in [4.69, 9.17) is 0 Å². The average molecular weight is 273 g/mol. The highest BCUT2D eigenvalue weighted by Gasteiger charge is 2.29. The summed E-state index contributed by atoms with van der Waals surface area (Å²) >= 11 is 0. The molecule has 0 heterocycles. The Morgan fingerprint density at radius 2 is 1.70 bits per heavy atom. The molecule has 0 aliphatic heterocycles. The van der Waals surface area contributed by atoms with Crippen LogP contribution in [0.3, 0.4) is 0 Å². The summed E-state index contributed by atoms with van der Waals surface area (Å²) in [4.78, 5) is 4.22. The highest BCUT2D eigenvalue weighted by atomic mass is 19.3. The van der Waals surface area contributed by atoms with Crippen LogP contribution in [0.1, 0.15) is 29.2 Å². The molecule has 0 spiro atoms. The number of rotatable bonds is 3. The Bertz CT molecular complexity index is 625. The van der Waals surface area contributed by atoms with Gasteiger partial charge in [0.25, 0.3) is 5.92 Å². The molecule has 0 aliphatic rings. The predicted octanol–water partition coefficient (Wildman–Crippen LogP) is 4.57. The molecular weight excluding hydrogens is 256 g/mol. The van der Waals surface area contributed by atoms with Gasteiger partial charge >= 0.3 is 0 Å². The zero-order chi connectivity index (χ0) is 14.8. The molecule has 2 aromatic carbocycles. The molecule has 0 N–H and O–H groups in total. The largest absolute Gasteiger partial charge is 0.287 e. The van der Waals surface area contributed by atoms with E-state index in [9.17, 15) is 8.78 Å². The first-order chi connectivity index (χ1) is 9.43. The molecule has 3 heteroatoms. The Labute approximate surface area is 118 Å². The number of alkyl halides is 2. The van der Waals surface area contributed by atoms with Gasteiger partial charge in [-0.25, -0.2) is 8.78 Å². The average Bonchev–Trinajstić information content (AvgIpc) is 2.41. The number of halogens is 2. The van der Waals surface area contributed by atoms with Crippen molar-refractivity contribution < 1.29 is 8.78 Å². The molecule has 0 atom stereocenters. The van der Waals surface area contributed by atoms with Gasteiger partial charge < -0.3 is 0 Å². The summed E-state index contributed by atoms with van der Waals surface area (Å²) in [5.41, 5.74) is 2.74. The van der Waals surface area contributed by atoms with Gasteiger partial charge in [0, 0.05) is 30.7 Å². The SMILES string of the molecule is CN=C(c1ccccc1)c1ccc(C)cc1C(C)(F)F. The van der Waals surface area contributed by atoms with Gasteiger partial charge in [-0.2, -0.15) is 0 Å². The molecule has 0 saturated carbocycles. The molecule has 0 radical (unpaired) electrons. The Morgan fingerprint density at radius 3 is 2.25 bits per heavy atom.